The lowest BCUT2D eigenvalue weighted by atomic mass is 10.1. The van der Waals surface area contributed by atoms with Crippen LogP contribution in [-0.2, 0) is 21.9 Å². The summed E-state index contributed by atoms with van der Waals surface area (Å²) >= 11 is 0. The second kappa shape index (κ2) is 9.08. The molecular formula is C17H25ClN4O5S. The molecule has 3 rings (SSSR count). The minimum atomic E-state index is -3.78. The van der Waals surface area contributed by atoms with Crippen molar-refractivity contribution in [1.29, 1.82) is 0 Å². The summed E-state index contributed by atoms with van der Waals surface area (Å²) in [6.07, 6.45) is 2.54. The first kappa shape index (κ1) is 22.4. The van der Waals surface area contributed by atoms with Crippen LogP contribution >= 0.6 is 12.4 Å². The summed E-state index contributed by atoms with van der Waals surface area (Å²) in [5.74, 6) is -0.731. The molecule has 1 aliphatic rings. The second-order valence-corrected chi connectivity index (χ2v) is 8.56. The molecular weight excluding hydrogens is 408 g/mol. The van der Waals surface area contributed by atoms with Gasteiger partial charge in [0.15, 0.2) is 5.58 Å². The fourth-order valence-corrected chi connectivity index (χ4v) is 5.06. The van der Waals surface area contributed by atoms with E-state index in [9.17, 15) is 18.0 Å². The molecule has 0 aliphatic carbocycles. The zero-order valence-corrected chi connectivity index (χ0v) is 17.2. The van der Waals surface area contributed by atoms with E-state index < -0.39 is 15.8 Å². The van der Waals surface area contributed by atoms with Gasteiger partial charge in [0.1, 0.15) is 0 Å². The number of carbonyl (C=O) groups is 1. The quantitative estimate of drug-likeness (QED) is 0.686. The molecule has 0 radical (unpaired) electrons. The Balaban J connectivity index is 0.00000280. The minimum Gasteiger partial charge on any atom is -0.408 e. The van der Waals surface area contributed by atoms with Crippen LogP contribution in [0.5, 0.6) is 0 Å². The number of hydrogen-bond acceptors (Lipinski definition) is 6. The van der Waals surface area contributed by atoms with Crippen molar-refractivity contribution < 1.29 is 17.6 Å². The number of nitrogens with two attached hydrogens (primary N) is 1. The number of fused-ring (bicyclic) bond motifs is 1. The summed E-state index contributed by atoms with van der Waals surface area (Å²) in [6, 6.07) is 4.11. The normalized spacial score (nSPS) is 18.0. The van der Waals surface area contributed by atoms with E-state index in [4.69, 9.17) is 10.2 Å². The van der Waals surface area contributed by atoms with Crippen LogP contribution in [0, 0.1) is 0 Å². The third-order valence-electron chi connectivity index (χ3n) is 4.85. The molecule has 1 atom stereocenters. The van der Waals surface area contributed by atoms with Crippen LogP contribution in [0.25, 0.3) is 11.1 Å². The highest BCUT2D eigenvalue weighted by Gasteiger charge is 2.34. The number of sulfonamides is 1. The van der Waals surface area contributed by atoms with Gasteiger partial charge in [-0.05, 0) is 25.0 Å². The van der Waals surface area contributed by atoms with Gasteiger partial charge in [-0.3, -0.25) is 9.36 Å². The number of nitrogens with zero attached hydrogens (tertiary/aromatic N) is 2. The molecule has 0 spiro atoms. The average Bonchev–Trinajstić information content (AvgIpc) is 2.94. The lowest BCUT2D eigenvalue weighted by molar-refractivity contribution is -0.121. The van der Waals surface area contributed by atoms with Crippen molar-refractivity contribution in [1.82, 2.24) is 14.2 Å². The maximum Gasteiger partial charge on any atom is 0.419 e. The van der Waals surface area contributed by atoms with Gasteiger partial charge < -0.3 is 15.5 Å². The number of nitrogens with one attached hydrogen (secondary N) is 1. The molecule has 3 N–H and O–H groups in total. The Hall–Kier alpha value is -1.88. The van der Waals surface area contributed by atoms with Gasteiger partial charge in [-0.2, -0.15) is 4.31 Å². The van der Waals surface area contributed by atoms with Crippen molar-refractivity contribution in [2.45, 2.75) is 36.6 Å². The first-order chi connectivity index (χ1) is 12.8. The Bertz CT molecular complexity index is 1000. The standard InChI is InChI=1S/C17H24N4O5S.ClH/c1-20-14-6-5-13(10-15(14)26-17(20)23)27(24,25)21-9-3-2-4-12(21)11-19-16(22)7-8-18;/h5-6,10,12H,2-4,7-9,11,18H2,1H3,(H,19,22);1H. The van der Waals surface area contributed by atoms with Crippen molar-refractivity contribution >= 4 is 39.4 Å². The lowest BCUT2D eigenvalue weighted by Crippen LogP contribution is -2.49. The van der Waals surface area contributed by atoms with Gasteiger partial charge in [-0.15, -0.1) is 12.4 Å². The molecule has 2 aromatic rings. The number of aryl methyl sites for hydroxylation is 1. The molecule has 1 saturated heterocycles. The Labute approximate surface area is 169 Å². The highest BCUT2D eigenvalue weighted by atomic mass is 35.5. The molecule has 1 aromatic carbocycles. The van der Waals surface area contributed by atoms with Gasteiger partial charge in [-0.25, -0.2) is 13.2 Å². The zero-order valence-electron chi connectivity index (χ0n) is 15.6. The Morgan fingerprint density at radius 1 is 1.36 bits per heavy atom. The summed E-state index contributed by atoms with van der Waals surface area (Å²) in [7, 11) is -2.22. The van der Waals surface area contributed by atoms with E-state index >= 15 is 0 Å². The third-order valence-corrected chi connectivity index (χ3v) is 6.80. The van der Waals surface area contributed by atoms with Gasteiger partial charge >= 0.3 is 5.76 Å². The second-order valence-electron chi connectivity index (χ2n) is 6.66. The molecule has 0 bridgehead atoms. The summed E-state index contributed by atoms with van der Waals surface area (Å²) in [6.45, 7) is 0.887. The molecule has 1 fully saturated rings. The van der Waals surface area contributed by atoms with E-state index in [2.05, 4.69) is 5.32 Å². The fraction of sp³-hybridized carbons (Fsp3) is 0.529. The van der Waals surface area contributed by atoms with Crippen LogP contribution in [-0.4, -0.2) is 48.9 Å². The highest BCUT2D eigenvalue weighted by molar-refractivity contribution is 7.89. The molecule has 28 heavy (non-hydrogen) atoms. The van der Waals surface area contributed by atoms with Crippen molar-refractivity contribution in [2.24, 2.45) is 12.8 Å². The van der Waals surface area contributed by atoms with Gasteiger partial charge in [0.25, 0.3) is 0 Å². The third kappa shape index (κ3) is 4.40. The number of amides is 1. The van der Waals surface area contributed by atoms with E-state index in [1.54, 1.807) is 13.1 Å². The van der Waals surface area contributed by atoms with Gasteiger partial charge in [0.2, 0.25) is 15.9 Å². The van der Waals surface area contributed by atoms with Crippen molar-refractivity contribution in [3.8, 4) is 0 Å². The van der Waals surface area contributed by atoms with Crippen LogP contribution in [0.4, 0.5) is 0 Å². The summed E-state index contributed by atoms with van der Waals surface area (Å²) in [5, 5.41) is 2.76. The maximum atomic E-state index is 13.2. The molecule has 1 aliphatic heterocycles. The minimum absolute atomic E-state index is 0. The van der Waals surface area contributed by atoms with Gasteiger partial charge in [-0.1, -0.05) is 6.42 Å². The van der Waals surface area contributed by atoms with Gasteiger partial charge in [0, 0.05) is 45.2 Å². The predicted octanol–water partition coefficient (Wildman–Crippen LogP) is 0.562. The number of aromatic nitrogens is 1. The largest absolute Gasteiger partial charge is 0.419 e. The van der Waals surface area contributed by atoms with Crippen molar-refractivity contribution in [3.63, 3.8) is 0 Å². The molecule has 9 nitrogen and oxygen atoms in total. The zero-order chi connectivity index (χ0) is 19.6. The van der Waals surface area contributed by atoms with E-state index in [0.717, 1.165) is 12.8 Å². The summed E-state index contributed by atoms with van der Waals surface area (Å²) in [4.78, 5) is 23.4. The first-order valence-corrected chi connectivity index (χ1v) is 10.4. The molecule has 1 unspecified atom stereocenters. The van der Waals surface area contributed by atoms with Crippen LogP contribution in [0.15, 0.2) is 32.3 Å². The highest BCUT2D eigenvalue weighted by Crippen LogP contribution is 2.27. The van der Waals surface area contributed by atoms with Gasteiger partial charge in [0.05, 0.1) is 10.4 Å². The molecule has 2 heterocycles. The summed E-state index contributed by atoms with van der Waals surface area (Å²) < 4.78 is 34.2. The number of halogens is 1. The number of benzene rings is 1. The lowest BCUT2D eigenvalue weighted by Gasteiger charge is -2.34. The topological polar surface area (TPSA) is 128 Å². The molecule has 156 valence electrons. The SMILES string of the molecule is Cl.Cn1c(=O)oc2cc(S(=O)(=O)N3CCCCC3CNC(=O)CCN)ccc21. The number of rotatable bonds is 6. The fourth-order valence-electron chi connectivity index (χ4n) is 3.36. The number of carbonyl (C=O) groups excluding carboxylic acids is 1. The number of piperidine rings is 1. The molecule has 0 saturated carbocycles. The summed E-state index contributed by atoms with van der Waals surface area (Å²) in [5.41, 5.74) is 6.13. The maximum absolute atomic E-state index is 13.2. The van der Waals surface area contributed by atoms with E-state index in [1.165, 1.54) is 21.0 Å². The monoisotopic (exact) mass is 432 g/mol. The van der Waals surface area contributed by atoms with Crippen LogP contribution in [0.1, 0.15) is 25.7 Å². The molecule has 11 heteroatoms. The Morgan fingerprint density at radius 3 is 2.82 bits per heavy atom. The predicted molar refractivity (Wildman–Crippen MR) is 107 cm³/mol. The number of oxazole rings is 1. The average molecular weight is 433 g/mol. The smallest absolute Gasteiger partial charge is 0.408 e. The Morgan fingerprint density at radius 2 is 2.11 bits per heavy atom. The van der Waals surface area contributed by atoms with Crippen LogP contribution in [0.3, 0.4) is 0 Å². The first-order valence-electron chi connectivity index (χ1n) is 8.93. The van der Waals surface area contributed by atoms with E-state index in [-0.39, 0.29) is 54.3 Å². The van der Waals surface area contributed by atoms with Crippen LogP contribution < -0.4 is 16.8 Å². The van der Waals surface area contributed by atoms with E-state index in [1.807, 2.05) is 0 Å². The Kier molecular flexibility index (Phi) is 7.27. The van der Waals surface area contributed by atoms with Crippen LogP contribution in [0.2, 0.25) is 0 Å². The van der Waals surface area contributed by atoms with Crippen molar-refractivity contribution in [3.05, 3.63) is 28.7 Å². The van der Waals surface area contributed by atoms with E-state index in [0.29, 0.717) is 18.5 Å². The number of hydrogen-bond donors (Lipinski definition) is 2. The molecule has 1 amide bonds. The van der Waals surface area contributed by atoms with Crippen molar-refractivity contribution in [2.75, 3.05) is 19.6 Å². The molecule has 1 aromatic heterocycles.